The second-order valence-corrected chi connectivity index (χ2v) is 13.7. The second kappa shape index (κ2) is 9.01. The highest BCUT2D eigenvalue weighted by Gasteiger charge is 2.30. The van der Waals surface area contributed by atoms with Crippen molar-refractivity contribution in [2.75, 3.05) is 0 Å². The highest BCUT2D eigenvalue weighted by molar-refractivity contribution is 5.52. The summed E-state index contributed by atoms with van der Waals surface area (Å²) in [6.45, 7) is 32.7. The summed E-state index contributed by atoms with van der Waals surface area (Å²) in [6, 6.07) is 8.97. The van der Waals surface area contributed by atoms with Gasteiger partial charge in [0.25, 0.3) is 0 Å². The fraction of sp³-hybridized carbons (Fsp3) is 0.581. The maximum Gasteiger partial charge on any atom is 0.316 e. The van der Waals surface area contributed by atoms with Gasteiger partial charge in [-0.25, -0.2) is 0 Å². The fourth-order valence-corrected chi connectivity index (χ4v) is 4.15. The topological polar surface area (TPSA) is 18.5 Å². The van der Waals surface area contributed by atoms with Crippen molar-refractivity contribution in [2.45, 2.75) is 119 Å². The molecule has 183 valence electrons. The Labute approximate surface area is 204 Å². The third-order valence-electron chi connectivity index (χ3n) is 6.03. The van der Waals surface area contributed by atoms with Gasteiger partial charge < -0.3 is 9.47 Å². The summed E-state index contributed by atoms with van der Waals surface area (Å²) < 4.78 is 12.8. The fourth-order valence-electron chi connectivity index (χ4n) is 4.15. The minimum Gasteiger partial charge on any atom is -0.447 e. The van der Waals surface area contributed by atoms with Crippen LogP contribution in [-0.4, -0.2) is 0 Å². The Kier molecular flexibility index (Phi) is 7.45. The Morgan fingerprint density at radius 3 is 0.848 bits per heavy atom. The third kappa shape index (κ3) is 6.55. The van der Waals surface area contributed by atoms with Gasteiger partial charge >= 0.3 is 6.79 Å². The molecule has 0 saturated carbocycles. The molecule has 0 aromatic heterocycles. The summed E-state index contributed by atoms with van der Waals surface area (Å²) >= 11 is 0. The molecule has 2 nitrogen and oxygen atoms in total. The molecular weight excluding hydrogens is 404 g/mol. The maximum atomic E-state index is 6.40. The molecule has 2 aromatic carbocycles. The zero-order valence-corrected chi connectivity index (χ0v) is 23.7. The van der Waals surface area contributed by atoms with Crippen LogP contribution in [0.4, 0.5) is 0 Å². The van der Waals surface area contributed by atoms with Gasteiger partial charge in [0.15, 0.2) is 0 Å². The minimum atomic E-state index is -0.0494. The van der Waals surface area contributed by atoms with Gasteiger partial charge in [-0.1, -0.05) is 118 Å². The second-order valence-electron chi connectivity index (χ2n) is 13.7. The van der Waals surface area contributed by atoms with Crippen molar-refractivity contribution >= 4 is 0 Å². The van der Waals surface area contributed by atoms with Crippen LogP contribution in [0.2, 0.25) is 0 Å². The summed E-state index contributed by atoms with van der Waals surface area (Å²) in [4.78, 5) is 0. The normalized spacial score (nSPS) is 13.3. The van der Waals surface area contributed by atoms with Gasteiger partial charge in [-0.15, -0.1) is 0 Å². The van der Waals surface area contributed by atoms with Crippen molar-refractivity contribution in [1.82, 2.24) is 0 Å². The van der Waals surface area contributed by atoms with E-state index in [9.17, 15) is 0 Å². The Morgan fingerprint density at radius 2 is 0.667 bits per heavy atom. The summed E-state index contributed by atoms with van der Waals surface area (Å²) in [5.41, 5.74) is 7.10. The average Bonchev–Trinajstić information content (AvgIpc) is 2.59. The summed E-state index contributed by atoms with van der Waals surface area (Å²) in [5, 5.41) is 0. The molecule has 2 aromatic rings. The molecule has 2 rings (SSSR count). The predicted octanol–water partition coefficient (Wildman–Crippen LogP) is 9.07. The van der Waals surface area contributed by atoms with E-state index < -0.39 is 0 Å². The van der Waals surface area contributed by atoms with Crippen LogP contribution >= 0.6 is 0 Å². The molecule has 0 unspecified atom stereocenters. The first-order valence-corrected chi connectivity index (χ1v) is 12.2. The van der Waals surface area contributed by atoms with Crippen molar-refractivity contribution in [2.24, 2.45) is 0 Å². The van der Waals surface area contributed by atoms with E-state index in [2.05, 4.69) is 121 Å². The summed E-state index contributed by atoms with van der Waals surface area (Å²) in [5.74, 6) is 1.81. The first kappa shape index (κ1) is 27.3. The standard InChI is InChI=1S/C31H47O2/c1-20-15-22(28(3,4)5)26(23(16-20)29(6,7)8)32-19-33-27-24(30(9,10)11)17-21(2)18-25(27)31(12,13)14/h15-19H,1-14H3. The molecule has 0 N–H and O–H groups in total. The average molecular weight is 452 g/mol. The highest BCUT2D eigenvalue weighted by atomic mass is 16.7. The lowest BCUT2D eigenvalue weighted by atomic mass is 9.78. The number of rotatable bonds is 4. The van der Waals surface area contributed by atoms with E-state index in [1.54, 1.807) is 6.79 Å². The van der Waals surface area contributed by atoms with Crippen LogP contribution in [-0.2, 0) is 21.7 Å². The molecule has 0 aliphatic rings. The molecule has 33 heavy (non-hydrogen) atoms. The summed E-state index contributed by atoms with van der Waals surface area (Å²) in [6.07, 6.45) is 0. The van der Waals surface area contributed by atoms with Gasteiger partial charge in [-0.05, 0) is 35.5 Å². The van der Waals surface area contributed by atoms with E-state index in [0.29, 0.717) is 0 Å². The minimum absolute atomic E-state index is 0.0494. The number of ether oxygens (including phenoxy) is 2. The molecule has 0 amide bonds. The van der Waals surface area contributed by atoms with Gasteiger partial charge in [0.05, 0.1) is 0 Å². The molecule has 1 radical (unpaired) electrons. The lowest BCUT2D eigenvalue weighted by molar-refractivity contribution is 0.197. The smallest absolute Gasteiger partial charge is 0.316 e. The van der Waals surface area contributed by atoms with E-state index in [-0.39, 0.29) is 21.7 Å². The van der Waals surface area contributed by atoms with Gasteiger partial charge in [0, 0.05) is 22.3 Å². The van der Waals surface area contributed by atoms with E-state index in [4.69, 9.17) is 9.47 Å². The van der Waals surface area contributed by atoms with Crippen molar-refractivity contribution in [3.05, 3.63) is 64.4 Å². The molecule has 0 fully saturated rings. The van der Waals surface area contributed by atoms with Crippen molar-refractivity contribution in [3.8, 4) is 11.5 Å². The van der Waals surface area contributed by atoms with Crippen LogP contribution in [0.5, 0.6) is 11.5 Å². The third-order valence-corrected chi connectivity index (χ3v) is 6.03. The Hall–Kier alpha value is -1.96. The van der Waals surface area contributed by atoms with Crippen LogP contribution in [0, 0.1) is 20.6 Å². The molecule has 0 atom stereocenters. The van der Waals surface area contributed by atoms with Crippen molar-refractivity contribution in [1.29, 1.82) is 0 Å². The van der Waals surface area contributed by atoms with Crippen LogP contribution < -0.4 is 9.47 Å². The summed E-state index contributed by atoms with van der Waals surface area (Å²) in [7, 11) is 0. The van der Waals surface area contributed by atoms with Crippen LogP contribution in [0.3, 0.4) is 0 Å². The molecule has 0 aliphatic carbocycles. The molecule has 0 saturated heterocycles. The number of hydrogen-bond donors (Lipinski definition) is 0. The van der Waals surface area contributed by atoms with E-state index in [0.717, 1.165) is 11.5 Å². The van der Waals surface area contributed by atoms with Gasteiger partial charge in [-0.2, -0.15) is 0 Å². The van der Waals surface area contributed by atoms with Gasteiger partial charge in [-0.3, -0.25) is 0 Å². The van der Waals surface area contributed by atoms with Crippen LogP contribution in [0.15, 0.2) is 24.3 Å². The Balaban J connectivity index is 2.56. The van der Waals surface area contributed by atoms with Crippen molar-refractivity contribution < 1.29 is 9.47 Å². The first-order valence-electron chi connectivity index (χ1n) is 12.2. The molecule has 0 spiro atoms. The maximum absolute atomic E-state index is 6.40. The lowest BCUT2D eigenvalue weighted by Gasteiger charge is -2.31. The zero-order chi connectivity index (χ0) is 25.6. The van der Waals surface area contributed by atoms with E-state index in [1.807, 2.05) is 0 Å². The molecular formula is C31H47O2. The quantitative estimate of drug-likeness (QED) is 0.461. The van der Waals surface area contributed by atoms with E-state index >= 15 is 0 Å². The van der Waals surface area contributed by atoms with E-state index in [1.165, 1.54) is 33.4 Å². The van der Waals surface area contributed by atoms with Crippen LogP contribution in [0.1, 0.15) is 116 Å². The molecule has 0 bridgehead atoms. The zero-order valence-electron chi connectivity index (χ0n) is 23.7. The predicted molar refractivity (Wildman–Crippen MR) is 143 cm³/mol. The number of hydrogen-bond acceptors (Lipinski definition) is 2. The Morgan fingerprint density at radius 1 is 0.455 bits per heavy atom. The number of aryl methyl sites for hydroxylation is 2. The van der Waals surface area contributed by atoms with Gasteiger partial charge in [0.2, 0.25) is 0 Å². The SMILES string of the molecule is Cc1cc(C(C)(C)C)c(O[CH]Oc2c(C(C)(C)C)cc(C)cc2C(C)(C)C)c(C(C)(C)C)c1. The first-order chi connectivity index (χ1) is 14.7. The van der Waals surface area contributed by atoms with Gasteiger partial charge in [0.1, 0.15) is 11.5 Å². The monoisotopic (exact) mass is 451 g/mol. The van der Waals surface area contributed by atoms with Crippen LogP contribution in [0.25, 0.3) is 0 Å². The number of benzene rings is 2. The molecule has 0 heterocycles. The largest absolute Gasteiger partial charge is 0.447 e. The highest BCUT2D eigenvalue weighted by Crippen LogP contribution is 2.43. The lowest BCUT2D eigenvalue weighted by Crippen LogP contribution is -2.22. The van der Waals surface area contributed by atoms with Crippen molar-refractivity contribution in [3.63, 3.8) is 0 Å². The molecule has 0 aliphatic heterocycles. The Bertz CT molecular complexity index is 832. The molecule has 2 heteroatoms.